The van der Waals surface area contributed by atoms with Crippen LogP contribution in [0.15, 0.2) is 34.9 Å². The Morgan fingerprint density at radius 1 is 1.15 bits per heavy atom. The molecule has 4 aliphatic carbocycles. The summed E-state index contributed by atoms with van der Waals surface area (Å²) in [4.78, 5) is 0. The molecule has 0 bridgehead atoms. The predicted octanol–water partition coefficient (Wildman–Crippen LogP) is 4.40. The number of aliphatic hydroxyl groups is 1. The molecule has 1 heteroatoms. The first-order valence-electron chi connectivity index (χ1n) is 8.36. The van der Waals surface area contributed by atoms with Crippen LogP contribution in [0.25, 0.3) is 0 Å². The maximum Gasteiger partial charge on any atom is 0.0905 e. The highest BCUT2D eigenvalue weighted by molar-refractivity contribution is 5.35. The van der Waals surface area contributed by atoms with Gasteiger partial charge in [0, 0.05) is 5.41 Å². The van der Waals surface area contributed by atoms with Crippen molar-refractivity contribution in [3.8, 4) is 0 Å². The lowest BCUT2D eigenvalue weighted by Gasteiger charge is -2.53. The highest BCUT2D eigenvalue weighted by Crippen LogP contribution is 2.60. The van der Waals surface area contributed by atoms with Gasteiger partial charge >= 0.3 is 0 Å². The van der Waals surface area contributed by atoms with E-state index < -0.39 is 0 Å². The first-order chi connectivity index (χ1) is 9.59. The summed E-state index contributed by atoms with van der Waals surface area (Å²) in [6.07, 6.45) is 14.1. The van der Waals surface area contributed by atoms with Crippen molar-refractivity contribution in [2.24, 2.45) is 23.2 Å². The van der Waals surface area contributed by atoms with Crippen LogP contribution < -0.4 is 0 Å². The average molecular weight is 270 g/mol. The van der Waals surface area contributed by atoms with Crippen LogP contribution in [0, 0.1) is 23.2 Å². The number of aliphatic hydroxyl groups excluding tert-OH is 1. The fourth-order valence-electron chi connectivity index (χ4n) is 5.73. The summed E-state index contributed by atoms with van der Waals surface area (Å²) in [5, 5.41) is 9.87. The molecular formula is C19H26O. The zero-order valence-electron chi connectivity index (χ0n) is 12.7. The molecule has 0 aromatic carbocycles. The molecule has 0 radical (unpaired) electrons. The predicted molar refractivity (Wildman–Crippen MR) is 82.2 cm³/mol. The largest absolute Gasteiger partial charge is 0.385 e. The van der Waals surface area contributed by atoms with Gasteiger partial charge in [0.05, 0.1) is 6.10 Å². The Bertz CT molecular complexity index is 524. The van der Waals surface area contributed by atoms with Crippen molar-refractivity contribution in [1.29, 1.82) is 0 Å². The Labute approximate surface area is 122 Å². The summed E-state index contributed by atoms with van der Waals surface area (Å²) in [6, 6.07) is 0. The molecule has 5 atom stereocenters. The molecule has 0 aromatic rings. The molecule has 0 aromatic heterocycles. The topological polar surface area (TPSA) is 20.2 Å². The quantitative estimate of drug-likeness (QED) is 0.647. The van der Waals surface area contributed by atoms with Crippen molar-refractivity contribution in [3.05, 3.63) is 34.9 Å². The van der Waals surface area contributed by atoms with Crippen LogP contribution in [0.4, 0.5) is 0 Å². The fraction of sp³-hybridized carbons (Fsp3) is 0.684. The number of hydrogen-bond donors (Lipinski definition) is 1. The first kappa shape index (κ1) is 12.9. The highest BCUT2D eigenvalue weighted by atomic mass is 16.3. The molecule has 2 fully saturated rings. The number of allylic oxidation sites excluding steroid dienone is 4. The zero-order valence-corrected chi connectivity index (χ0v) is 12.7. The second kappa shape index (κ2) is 4.34. The minimum absolute atomic E-state index is 0.226. The maximum absolute atomic E-state index is 9.87. The molecule has 0 saturated heterocycles. The van der Waals surface area contributed by atoms with Crippen LogP contribution in [0.1, 0.15) is 52.4 Å². The van der Waals surface area contributed by atoms with Crippen molar-refractivity contribution in [1.82, 2.24) is 0 Å². The van der Waals surface area contributed by atoms with Crippen molar-refractivity contribution >= 4 is 0 Å². The Balaban J connectivity index is 1.70. The van der Waals surface area contributed by atoms with Crippen molar-refractivity contribution in [3.63, 3.8) is 0 Å². The van der Waals surface area contributed by atoms with Gasteiger partial charge in [0.25, 0.3) is 0 Å². The lowest BCUT2D eigenvalue weighted by atomic mass is 9.52. The monoisotopic (exact) mass is 270 g/mol. The van der Waals surface area contributed by atoms with Crippen LogP contribution in [0.5, 0.6) is 0 Å². The Morgan fingerprint density at radius 2 is 2.00 bits per heavy atom. The third-order valence-corrected chi connectivity index (χ3v) is 6.81. The molecule has 4 rings (SSSR count). The lowest BCUT2D eigenvalue weighted by molar-refractivity contribution is 0.0799. The van der Waals surface area contributed by atoms with Crippen LogP contribution in [-0.4, -0.2) is 11.2 Å². The van der Waals surface area contributed by atoms with E-state index in [1.54, 1.807) is 5.57 Å². The van der Waals surface area contributed by atoms with Gasteiger partial charge in [0.2, 0.25) is 0 Å². The summed E-state index contributed by atoms with van der Waals surface area (Å²) < 4.78 is 0. The third-order valence-electron chi connectivity index (χ3n) is 6.81. The normalized spacial score (nSPS) is 46.6. The summed E-state index contributed by atoms with van der Waals surface area (Å²) in [6.45, 7) is 4.79. The number of fused-ring (bicyclic) bond motifs is 5. The maximum atomic E-state index is 9.87. The van der Waals surface area contributed by atoms with Gasteiger partial charge < -0.3 is 5.11 Å². The van der Waals surface area contributed by atoms with Gasteiger partial charge in [0.15, 0.2) is 0 Å². The zero-order chi connectivity index (χ0) is 13.9. The standard InChI is InChI=1S/C19H26O/c1-12-3-5-16-15(12)7-8-18-17(16)6-4-13-11-14(20)9-10-19(13,18)2/h9-11,14,16-18,20H,3-8H2,1-2H3/t14-,16+,17-,18-,19-/m0/s1. The van der Waals surface area contributed by atoms with E-state index in [1.165, 1.54) is 44.1 Å². The van der Waals surface area contributed by atoms with Gasteiger partial charge in [-0.15, -0.1) is 0 Å². The van der Waals surface area contributed by atoms with E-state index in [-0.39, 0.29) is 11.5 Å². The molecule has 0 aliphatic heterocycles. The minimum atomic E-state index is -0.345. The number of rotatable bonds is 0. The molecule has 0 unspecified atom stereocenters. The van der Waals surface area contributed by atoms with Gasteiger partial charge in [-0.25, -0.2) is 0 Å². The fourth-order valence-corrected chi connectivity index (χ4v) is 5.73. The van der Waals surface area contributed by atoms with Gasteiger partial charge in [-0.05, 0) is 63.2 Å². The van der Waals surface area contributed by atoms with E-state index in [2.05, 4.69) is 26.0 Å². The SMILES string of the molecule is CC1=C2CC[C@H]3[C@@H](CCC4=C[C@@H](O)C=C[C@@]43C)[C@@H]2CC1. The molecule has 108 valence electrons. The molecule has 1 nitrogen and oxygen atoms in total. The van der Waals surface area contributed by atoms with Crippen molar-refractivity contribution in [2.45, 2.75) is 58.5 Å². The summed E-state index contributed by atoms with van der Waals surface area (Å²) >= 11 is 0. The molecular weight excluding hydrogens is 244 g/mol. The van der Waals surface area contributed by atoms with E-state index in [0.29, 0.717) is 0 Å². The van der Waals surface area contributed by atoms with Crippen LogP contribution in [-0.2, 0) is 0 Å². The first-order valence-corrected chi connectivity index (χ1v) is 8.36. The van der Waals surface area contributed by atoms with Gasteiger partial charge in [0.1, 0.15) is 0 Å². The molecule has 2 saturated carbocycles. The summed E-state index contributed by atoms with van der Waals surface area (Å²) in [5.74, 6) is 2.57. The molecule has 20 heavy (non-hydrogen) atoms. The van der Waals surface area contributed by atoms with Crippen molar-refractivity contribution in [2.75, 3.05) is 0 Å². The highest BCUT2D eigenvalue weighted by Gasteiger charge is 2.50. The van der Waals surface area contributed by atoms with Crippen molar-refractivity contribution < 1.29 is 5.11 Å². The van der Waals surface area contributed by atoms with Gasteiger partial charge in [-0.2, -0.15) is 0 Å². The summed E-state index contributed by atoms with van der Waals surface area (Å²) in [5.41, 5.74) is 5.26. The van der Waals surface area contributed by atoms with Crippen LogP contribution in [0.2, 0.25) is 0 Å². The average Bonchev–Trinajstić information content (AvgIpc) is 2.82. The molecule has 1 N–H and O–H groups in total. The van der Waals surface area contributed by atoms with E-state index >= 15 is 0 Å². The molecule has 4 aliphatic rings. The van der Waals surface area contributed by atoms with E-state index in [9.17, 15) is 5.11 Å². The van der Waals surface area contributed by atoms with Crippen LogP contribution >= 0.6 is 0 Å². The second-order valence-electron chi connectivity index (χ2n) is 7.62. The van der Waals surface area contributed by atoms with Gasteiger partial charge in [-0.3, -0.25) is 0 Å². The van der Waals surface area contributed by atoms with E-state index in [1.807, 2.05) is 11.6 Å². The molecule has 0 spiro atoms. The van der Waals surface area contributed by atoms with E-state index in [0.717, 1.165) is 17.8 Å². The minimum Gasteiger partial charge on any atom is -0.385 e. The second-order valence-corrected chi connectivity index (χ2v) is 7.62. The Kier molecular flexibility index (Phi) is 2.79. The summed E-state index contributed by atoms with van der Waals surface area (Å²) in [7, 11) is 0. The van der Waals surface area contributed by atoms with Gasteiger partial charge in [-0.1, -0.05) is 41.9 Å². The Morgan fingerprint density at radius 3 is 2.85 bits per heavy atom. The number of hydrogen-bond acceptors (Lipinski definition) is 1. The lowest BCUT2D eigenvalue weighted by Crippen LogP contribution is -2.44. The molecule has 0 amide bonds. The third kappa shape index (κ3) is 1.65. The molecule has 0 heterocycles. The van der Waals surface area contributed by atoms with E-state index in [4.69, 9.17) is 0 Å². The van der Waals surface area contributed by atoms with Crippen LogP contribution in [0.3, 0.4) is 0 Å². The Hall–Kier alpha value is -0.820. The smallest absolute Gasteiger partial charge is 0.0905 e.